The fourth-order valence-corrected chi connectivity index (χ4v) is 4.90. The van der Waals surface area contributed by atoms with Gasteiger partial charge in [-0.1, -0.05) is 0 Å². The Labute approximate surface area is 197 Å². The van der Waals surface area contributed by atoms with E-state index in [4.69, 9.17) is 14.7 Å². The van der Waals surface area contributed by atoms with E-state index in [0.717, 1.165) is 82.2 Å². The summed E-state index contributed by atoms with van der Waals surface area (Å²) in [5.74, 6) is 1.50. The topological polar surface area (TPSA) is 79.3 Å². The Morgan fingerprint density at radius 2 is 1.94 bits per heavy atom. The molecule has 0 radical (unpaired) electrons. The molecule has 1 N–H and O–H groups in total. The van der Waals surface area contributed by atoms with E-state index in [1.807, 2.05) is 30.6 Å². The van der Waals surface area contributed by atoms with Crippen molar-refractivity contribution >= 4 is 38.9 Å². The SMILES string of the molecule is Cc1ccncc1-c1nc2cc(Nc3ccc(N4CCOCC4)c(CN(C)C)n3)ncc2s1. The molecule has 0 unspecified atom stereocenters. The van der Waals surface area contributed by atoms with E-state index >= 15 is 0 Å². The van der Waals surface area contributed by atoms with E-state index in [9.17, 15) is 0 Å². The van der Waals surface area contributed by atoms with E-state index in [2.05, 4.69) is 52.2 Å². The van der Waals surface area contributed by atoms with E-state index in [0.29, 0.717) is 0 Å². The minimum atomic E-state index is 0.727. The molecule has 33 heavy (non-hydrogen) atoms. The first-order valence-corrected chi connectivity index (χ1v) is 11.8. The van der Waals surface area contributed by atoms with Gasteiger partial charge in [-0.2, -0.15) is 0 Å². The van der Waals surface area contributed by atoms with Gasteiger partial charge in [-0.15, -0.1) is 11.3 Å². The molecule has 5 heterocycles. The zero-order valence-corrected chi connectivity index (χ0v) is 19.9. The second-order valence-corrected chi connectivity index (χ2v) is 9.40. The zero-order valence-electron chi connectivity index (χ0n) is 19.1. The number of rotatable bonds is 6. The maximum absolute atomic E-state index is 5.51. The lowest BCUT2D eigenvalue weighted by Gasteiger charge is -2.31. The third kappa shape index (κ3) is 4.80. The molecule has 1 saturated heterocycles. The summed E-state index contributed by atoms with van der Waals surface area (Å²) in [5.41, 5.74) is 5.33. The summed E-state index contributed by atoms with van der Waals surface area (Å²) in [7, 11) is 4.12. The number of pyridine rings is 3. The molecule has 0 atom stereocenters. The maximum atomic E-state index is 5.51. The van der Waals surface area contributed by atoms with E-state index in [-0.39, 0.29) is 0 Å². The summed E-state index contributed by atoms with van der Waals surface area (Å²) in [4.78, 5) is 23.1. The second kappa shape index (κ2) is 9.38. The molecular weight excluding hydrogens is 434 g/mol. The number of thiazole rings is 1. The second-order valence-electron chi connectivity index (χ2n) is 8.37. The van der Waals surface area contributed by atoms with Crippen LogP contribution in [0.1, 0.15) is 11.3 Å². The molecule has 1 fully saturated rings. The fourth-order valence-electron chi connectivity index (χ4n) is 3.91. The molecule has 4 aromatic rings. The molecule has 4 aromatic heterocycles. The predicted octanol–water partition coefficient (Wildman–Crippen LogP) is 4.10. The normalized spacial score (nSPS) is 14.2. The van der Waals surface area contributed by atoms with Crippen LogP contribution in [0.25, 0.3) is 20.8 Å². The number of aromatic nitrogens is 4. The standard InChI is InChI=1S/C24H27N7OS/c1-16-6-7-25-13-17(16)24-28-18-12-23(26-14-21(18)33-24)29-22-5-4-20(19(27-22)15-30(2)3)31-8-10-32-11-9-31/h4-7,12-14H,8-11,15H2,1-3H3,(H,26,27,29). The number of morpholine rings is 1. The fraction of sp³-hybridized carbons (Fsp3) is 0.333. The Hall–Kier alpha value is -3.14. The van der Waals surface area contributed by atoms with Gasteiger partial charge >= 0.3 is 0 Å². The Morgan fingerprint density at radius 3 is 2.73 bits per heavy atom. The third-order valence-corrected chi connectivity index (χ3v) is 6.61. The van der Waals surface area contributed by atoms with Crippen molar-refractivity contribution in [2.24, 2.45) is 0 Å². The van der Waals surface area contributed by atoms with Gasteiger partial charge in [-0.3, -0.25) is 4.98 Å². The van der Waals surface area contributed by atoms with Crippen LogP contribution in [-0.4, -0.2) is 65.2 Å². The van der Waals surface area contributed by atoms with Crippen molar-refractivity contribution < 1.29 is 4.74 Å². The van der Waals surface area contributed by atoms with Crippen LogP contribution in [0.4, 0.5) is 17.3 Å². The molecule has 9 heteroatoms. The number of fused-ring (bicyclic) bond motifs is 1. The molecule has 0 saturated carbocycles. The predicted molar refractivity (Wildman–Crippen MR) is 133 cm³/mol. The van der Waals surface area contributed by atoms with Crippen molar-refractivity contribution in [3.63, 3.8) is 0 Å². The van der Waals surface area contributed by atoms with Gasteiger partial charge < -0.3 is 19.9 Å². The minimum absolute atomic E-state index is 0.727. The summed E-state index contributed by atoms with van der Waals surface area (Å²) in [5, 5.41) is 4.32. The van der Waals surface area contributed by atoms with Crippen LogP contribution in [0.15, 0.2) is 42.9 Å². The quantitative estimate of drug-likeness (QED) is 0.460. The van der Waals surface area contributed by atoms with Crippen molar-refractivity contribution in [1.29, 1.82) is 0 Å². The van der Waals surface area contributed by atoms with Gasteiger partial charge in [0.2, 0.25) is 0 Å². The summed E-state index contributed by atoms with van der Waals surface area (Å²) < 4.78 is 6.56. The molecule has 0 amide bonds. The van der Waals surface area contributed by atoms with Crippen molar-refractivity contribution in [3.8, 4) is 10.6 Å². The van der Waals surface area contributed by atoms with Crippen LogP contribution < -0.4 is 10.2 Å². The Morgan fingerprint density at radius 1 is 1.09 bits per heavy atom. The molecule has 170 valence electrons. The number of nitrogens with zero attached hydrogens (tertiary/aromatic N) is 6. The van der Waals surface area contributed by atoms with Crippen LogP contribution in [0, 0.1) is 6.92 Å². The van der Waals surface area contributed by atoms with Crippen molar-refractivity contribution in [3.05, 3.63) is 54.1 Å². The smallest absolute Gasteiger partial charge is 0.133 e. The van der Waals surface area contributed by atoms with Gasteiger partial charge in [-0.05, 0) is 44.8 Å². The van der Waals surface area contributed by atoms with Crippen LogP contribution in [-0.2, 0) is 11.3 Å². The summed E-state index contributed by atoms with van der Waals surface area (Å²) >= 11 is 1.63. The van der Waals surface area contributed by atoms with E-state index in [1.165, 1.54) is 0 Å². The number of ether oxygens (including phenoxy) is 1. The molecular formula is C24H27N7OS. The molecule has 1 aliphatic rings. The number of hydrogen-bond donors (Lipinski definition) is 1. The van der Waals surface area contributed by atoms with Gasteiger partial charge in [0.1, 0.15) is 16.6 Å². The molecule has 0 aliphatic carbocycles. The van der Waals surface area contributed by atoms with Crippen LogP contribution in [0.2, 0.25) is 0 Å². The number of aryl methyl sites for hydroxylation is 1. The Kier molecular flexibility index (Phi) is 6.17. The lowest BCUT2D eigenvalue weighted by Crippen LogP contribution is -2.37. The van der Waals surface area contributed by atoms with Gasteiger partial charge in [0.05, 0.1) is 34.8 Å². The highest BCUT2D eigenvalue weighted by atomic mass is 32.1. The molecule has 8 nitrogen and oxygen atoms in total. The molecule has 0 aromatic carbocycles. The highest BCUT2D eigenvalue weighted by molar-refractivity contribution is 7.21. The average molecular weight is 462 g/mol. The van der Waals surface area contributed by atoms with Gasteiger partial charge in [0.15, 0.2) is 0 Å². The van der Waals surface area contributed by atoms with Crippen LogP contribution in [0.3, 0.4) is 0 Å². The lowest BCUT2D eigenvalue weighted by molar-refractivity contribution is 0.122. The van der Waals surface area contributed by atoms with Gasteiger partial charge in [0, 0.05) is 49.9 Å². The number of hydrogen-bond acceptors (Lipinski definition) is 9. The van der Waals surface area contributed by atoms with E-state index < -0.39 is 0 Å². The molecule has 0 bridgehead atoms. The van der Waals surface area contributed by atoms with Crippen LogP contribution >= 0.6 is 11.3 Å². The first kappa shape index (κ1) is 21.7. The summed E-state index contributed by atoms with van der Waals surface area (Å²) in [6.07, 6.45) is 5.54. The Bertz CT molecular complexity index is 1270. The lowest BCUT2D eigenvalue weighted by atomic mass is 10.2. The maximum Gasteiger partial charge on any atom is 0.133 e. The van der Waals surface area contributed by atoms with Crippen molar-refractivity contribution in [2.75, 3.05) is 50.6 Å². The monoisotopic (exact) mass is 461 g/mol. The molecule has 0 spiro atoms. The van der Waals surface area contributed by atoms with Crippen molar-refractivity contribution in [2.45, 2.75) is 13.5 Å². The largest absolute Gasteiger partial charge is 0.378 e. The van der Waals surface area contributed by atoms with E-state index in [1.54, 1.807) is 17.5 Å². The van der Waals surface area contributed by atoms with Crippen LogP contribution in [0.5, 0.6) is 0 Å². The molecule has 1 aliphatic heterocycles. The zero-order chi connectivity index (χ0) is 22.8. The number of nitrogens with one attached hydrogen (secondary N) is 1. The number of anilines is 3. The Balaban J connectivity index is 1.42. The average Bonchev–Trinajstić information content (AvgIpc) is 3.23. The van der Waals surface area contributed by atoms with Gasteiger partial charge in [0.25, 0.3) is 0 Å². The summed E-state index contributed by atoms with van der Waals surface area (Å²) in [6.45, 7) is 6.10. The highest BCUT2D eigenvalue weighted by Gasteiger charge is 2.17. The minimum Gasteiger partial charge on any atom is -0.378 e. The van der Waals surface area contributed by atoms with Gasteiger partial charge in [-0.25, -0.2) is 15.0 Å². The van der Waals surface area contributed by atoms with Crippen molar-refractivity contribution in [1.82, 2.24) is 24.8 Å². The summed E-state index contributed by atoms with van der Waals surface area (Å²) in [6, 6.07) is 8.14. The first-order valence-electron chi connectivity index (χ1n) is 11.0. The molecule has 5 rings (SSSR count). The third-order valence-electron chi connectivity index (χ3n) is 5.57. The highest BCUT2D eigenvalue weighted by Crippen LogP contribution is 2.32. The first-order chi connectivity index (χ1) is 16.1.